The summed E-state index contributed by atoms with van der Waals surface area (Å²) in [4.78, 5) is 0. The maximum absolute atomic E-state index is 5.70. The zero-order valence-corrected chi connectivity index (χ0v) is 10.9. The number of hydrogen-bond acceptors (Lipinski definition) is 2. The molecule has 1 aliphatic rings. The molecule has 1 N–H and O–H groups in total. The van der Waals surface area contributed by atoms with E-state index in [1.807, 2.05) is 7.11 Å². The van der Waals surface area contributed by atoms with Crippen molar-refractivity contribution in [3.63, 3.8) is 0 Å². The second-order valence-electron chi connectivity index (χ2n) is 5.12. The van der Waals surface area contributed by atoms with Crippen molar-refractivity contribution >= 4 is 0 Å². The zero-order chi connectivity index (χ0) is 12.1. The average Bonchev–Trinajstić information content (AvgIpc) is 2.33. The average molecular weight is 233 g/mol. The van der Waals surface area contributed by atoms with Crippen molar-refractivity contribution in [1.82, 2.24) is 5.32 Å². The summed E-state index contributed by atoms with van der Waals surface area (Å²) in [6, 6.07) is 11.2. The van der Waals surface area contributed by atoms with Crippen molar-refractivity contribution in [3.05, 3.63) is 35.9 Å². The second kappa shape index (κ2) is 5.65. The lowest BCUT2D eigenvalue weighted by molar-refractivity contribution is -0.0830. The second-order valence-corrected chi connectivity index (χ2v) is 5.12. The van der Waals surface area contributed by atoms with E-state index in [1.165, 1.54) is 24.8 Å². The number of methoxy groups -OCH3 is 1. The molecule has 0 aromatic heterocycles. The quantitative estimate of drug-likeness (QED) is 0.816. The van der Waals surface area contributed by atoms with E-state index in [-0.39, 0.29) is 5.60 Å². The Morgan fingerprint density at radius 1 is 1.29 bits per heavy atom. The summed E-state index contributed by atoms with van der Waals surface area (Å²) in [7, 11) is 3.91. The number of ether oxygens (including phenoxy) is 1. The summed E-state index contributed by atoms with van der Waals surface area (Å²) in [5.74, 6) is 0. The van der Waals surface area contributed by atoms with Crippen LogP contribution in [0.3, 0.4) is 0 Å². The molecule has 0 bridgehead atoms. The summed E-state index contributed by atoms with van der Waals surface area (Å²) < 4.78 is 5.70. The molecule has 0 radical (unpaired) electrons. The topological polar surface area (TPSA) is 21.3 Å². The minimum atomic E-state index is 0.155. The Bertz CT molecular complexity index is 327. The fourth-order valence-corrected chi connectivity index (χ4v) is 2.69. The Kier molecular flexibility index (Phi) is 4.19. The summed E-state index contributed by atoms with van der Waals surface area (Å²) >= 11 is 0. The van der Waals surface area contributed by atoms with E-state index in [1.54, 1.807) is 0 Å². The Morgan fingerprint density at radius 2 is 2.00 bits per heavy atom. The number of benzene rings is 1. The Hall–Kier alpha value is -0.860. The third kappa shape index (κ3) is 3.08. The molecular weight excluding hydrogens is 210 g/mol. The van der Waals surface area contributed by atoms with E-state index >= 15 is 0 Å². The predicted octanol–water partition coefficient (Wildman–Crippen LogP) is 2.78. The Morgan fingerprint density at radius 3 is 2.47 bits per heavy atom. The van der Waals surface area contributed by atoms with Gasteiger partial charge in [-0.25, -0.2) is 0 Å². The smallest absolute Gasteiger partial charge is 0.0693 e. The van der Waals surface area contributed by atoms with Crippen molar-refractivity contribution in [1.29, 1.82) is 0 Å². The lowest BCUT2D eigenvalue weighted by atomic mass is 9.75. The van der Waals surface area contributed by atoms with Gasteiger partial charge in [-0.1, -0.05) is 30.3 Å². The third-order valence-electron chi connectivity index (χ3n) is 4.05. The van der Waals surface area contributed by atoms with Crippen LogP contribution in [0.4, 0.5) is 0 Å². The highest BCUT2D eigenvalue weighted by atomic mass is 16.5. The van der Waals surface area contributed by atoms with Gasteiger partial charge in [-0.3, -0.25) is 0 Å². The van der Waals surface area contributed by atoms with Crippen molar-refractivity contribution in [2.75, 3.05) is 14.2 Å². The molecule has 94 valence electrons. The first-order valence-corrected chi connectivity index (χ1v) is 6.54. The van der Waals surface area contributed by atoms with Crippen molar-refractivity contribution in [2.45, 2.75) is 43.7 Å². The largest absolute Gasteiger partial charge is 0.378 e. The molecule has 1 aromatic carbocycles. The molecule has 2 nitrogen and oxygen atoms in total. The molecule has 1 atom stereocenters. The molecule has 0 spiro atoms. The first kappa shape index (κ1) is 12.6. The minimum absolute atomic E-state index is 0.155. The van der Waals surface area contributed by atoms with E-state index in [4.69, 9.17) is 4.74 Å². The van der Waals surface area contributed by atoms with Gasteiger partial charge in [-0.2, -0.15) is 0 Å². The van der Waals surface area contributed by atoms with Crippen LogP contribution in [0, 0.1) is 0 Å². The molecule has 0 heterocycles. The molecule has 2 heteroatoms. The van der Waals surface area contributed by atoms with Crippen molar-refractivity contribution < 1.29 is 4.74 Å². The summed E-state index contributed by atoms with van der Waals surface area (Å²) in [6.45, 7) is 0. The molecule has 0 amide bonds. The molecule has 1 aromatic rings. The summed E-state index contributed by atoms with van der Waals surface area (Å²) in [5, 5.41) is 3.43. The molecule has 0 saturated heterocycles. The highest BCUT2D eigenvalue weighted by Crippen LogP contribution is 2.39. The van der Waals surface area contributed by atoms with Crippen molar-refractivity contribution in [2.24, 2.45) is 0 Å². The van der Waals surface area contributed by atoms with Crippen LogP contribution in [-0.4, -0.2) is 25.8 Å². The van der Waals surface area contributed by atoms with Crippen LogP contribution in [0.5, 0.6) is 0 Å². The van der Waals surface area contributed by atoms with Crippen LogP contribution >= 0.6 is 0 Å². The standard InChI is InChI=1S/C15H23NO/c1-16-14(11-13-7-4-3-5-8-13)12-15(17-2)9-6-10-15/h3-5,7-8,14,16H,6,9-12H2,1-2H3. The van der Waals surface area contributed by atoms with Gasteiger partial charge in [0.25, 0.3) is 0 Å². The SMILES string of the molecule is CNC(Cc1ccccc1)CC1(OC)CCC1. The summed E-state index contributed by atoms with van der Waals surface area (Å²) in [6.07, 6.45) is 5.96. The lowest BCUT2D eigenvalue weighted by Gasteiger charge is -2.42. The highest BCUT2D eigenvalue weighted by molar-refractivity contribution is 5.16. The molecule has 0 aliphatic heterocycles. The fourth-order valence-electron chi connectivity index (χ4n) is 2.69. The van der Waals surface area contributed by atoms with Gasteiger partial charge < -0.3 is 10.1 Å². The first-order valence-electron chi connectivity index (χ1n) is 6.54. The maximum atomic E-state index is 5.70. The number of rotatable bonds is 6. The van der Waals surface area contributed by atoms with Crippen LogP contribution in [0.2, 0.25) is 0 Å². The highest BCUT2D eigenvalue weighted by Gasteiger charge is 2.38. The van der Waals surface area contributed by atoms with E-state index in [0.29, 0.717) is 6.04 Å². The van der Waals surface area contributed by atoms with Crippen LogP contribution in [0.1, 0.15) is 31.2 Å². The number of hydrogen-bond donors (Lipinski definition) is 1. The van der Waals surface area contributed by atoms with Gasteiger partial charge in [0.1, 0.15) is 0 Å². The van der Waals surface area contributed by atoms with Gasteiger partial charge in [-0.15, -0.1) is 0 Å². The molecule has 1 fully saturated rings. The minimum Gasteiger partial charge on any atom is -0.378 e. The van der Waals surface area contributed by atoms with Gasteiger partial charge in [0.2, 0.25) is 0 Å². The first-order chi connectivity index (χ1) is 8.28. The summed E-state index contributed by atoms with van der Waals surface area (Å²) in [5.41, 5.74) is 1.56. The molecule has 1 aliphatic carbocycles. The van der Waals surface area contributed by atoms with Crippen LogP contribution in [0.15, 0.2) is 30.3 Å². The number of nitrogens with one attached hydrogen (secondary N) is 1. The van der Waals surface area contributed by atoms with Crippen LogP contribution in [0.25, 0.3) is 0 Å². The van der Waals surface area contributed by atoms with Crippen molar-refractivity contribution in [3.8, 4) is 0 Å². The molecule has 2 rings (SSSR count). The van der Waals surface area contributed by atoms with Gasteiger partial charge in [0, 0.05) is 13.2 Å². The Labute approximate surface area is 104 Å². The molecule has 17 heavy (non-hydrogen) atoms. The molecule has 1 unspecified atom stereocenters. The third-order valence-corrected chi connectivity index (χ3v) is 4.05. The van der Waals surface area contributed by atoms with E-state index < -0.39 is 0 Å². The lowest BCUT2D eigenvalue weighted by Crippen LogP contribution is -2.45. The zero-order valence-electron chi connectivity index (χ0n) is 10.9. The van der Waals surface area contributed by atoms with Gasteiger partial charge in [-0.05, 0) is 44.7 Å². The Balaban J connectivity index is 1.93. The van der Waals surface area contributed by atoms with E-state index in [0.717, 1.165) is 12.8 Å². The fraction of sp³-hybridized carbons (Fsp3) is 0.600. The van der Waals surface area contributed by atoms with Gasteiger partial charge >= 0.3 is 0 Å². The monoisotopic (exact) mass is 233 g/mol. The van der Waals surface area contributed by atoms with Crippen LogP contribution < -0.4 is 5.32 Å². The number of likely N-dealkylation sites (N-methyl/N-ethyl adjacent to an activating group) is 1. The van der Waals surface area contributed by atoms with E-state index in [9.17, 15) is 0 Å². The van der Waals surface area contributed by atoms with Gasteiger partial charge in [0.15, 0.2) is 0 Å². The maximum Gasteiger partial charge on any atom is 0.0693 e. The normalized spacial score (nSPS) is 19.6. The molecular formula is C15H23NO. The molecule has 1 saturated carbocycles. The van der Waals surface area contributed by atoms with E-state index in [2.05, 4.69) is 42.7 Å². The van der Waals surface area contributed by atoms with Gasteiger partial charge in [0.05, 0.1) is 5.60 Å². The van der Waals surface area contributed by atoms with Crippen LogP contribution in [-0.2, 0) is 11.2 Å². The predicted molar refractivity (Wildman–Crippen MR) is 71.2 cm³/mol.